The number of benzene rings is 5. The highest BCUT2D eigenvalue weighted by Crippen LogP contribution is 2.54. The molecule has 5 aliphatic carbocycles. The van der Waals surface area contributed by atoms with Gasteiger partial charge in [0, 0.05) is 28.9 Å². The fourth-order valence-electron chi connectivity index (χ4n) is 10.5. The minimum Gasteiger partial charge on any atom is -0.209 e. The summed E-state index contributed by atoms with van der Waals surface area (Å²) in [6, 6.07) is 51.1. The molecule has 3 atom stereocenters. The van der Waals surface area contributed by atoms with Crippen molar-refractivity contribution in [1.82, 2.24) is 15.0 Å². The van der Waals surface area contributed by atoms with Gasteiger partial charge in [0.25, 0.3) is 0 Å². The van der Waals surface area contributed by atoms with Gasteiger partial charge in [-0.2, -0.15) is 0 Å². The van der Waals surface area contributed by atoms with E-state index >= 15 is 0 Å². The Hall–Kier alpha value is -7.49. The zero-order valence-electron chi connectivity index (χ0n) is 37.3. The molecule has 5 aromatic carbocycles. The van der Waals surface area contributed by atoms with Gasteiger partial charge in [-0.1, -0.05) is 206 Å². The second kappa shape index (κ2) is 18.9. The Bertz CT molecular complexity index is 3100. The average molecular weight is 852 g/mol. The van der Waals surface area contributed by atoms with Gasteiger partial charge in [-0.3, -0.25) is 0 Å². The van der Waals surface area contributed by atoms with Gasteiger partial charge in [0.2, 0.25) is 0 Å². The van der Waals surface area contributed by atoms with E-state index in [0.717, 1.165) is 67.5 Å². The third-order valence-corrected chi connectivity index (χ3v) is 13.7. The molecular weight excluding hydrogens is 799 g/mol. The van der Waals surface area contributed by atoms with Crippen molar-refractivity contribution in [2.24, 2.45) is 5.92 Å². The first-order valence-corrected chi connectivity index (χ1v) is 23.8. The van der Waals surface area contributed by atoms with Crippen LogP contribution in [-0.4, -0.2) is 15.0 Å². The van der Waals surface area contributed by atoms with Crippen LogP contribution in [0.15, 0.2) is 235 Å². The van der Waals surface area contributed by atoms with E-state index < -0.39 is 0 Å². The second-order valence-corrected chi connectivity index (χ2v) is 17.9. The molecule has 0 radical (unpaired) electrons. The van der Waals surface area contributed by atoms with Gasteiger partial charge < -0.3 is 0 Å². The lowest BCUT2D eigenvalue weighted by Crippen LogP contribution is -2.24. The van der Waals surface area contributed by atoms with Crippen LogP contribution in [0.1, 0.15) is 90.7 Å². The maximum Gasteiger partial charge on any atom is 0.164 e. The van der Waals surface area contributed by atoms with Gasteiger partial charge in [0.05, 0.1) is 0 Å². The Morgan fingerprint density at radius 1 is 0.455 bits per heavy atom. The Morgan fingerprint density at radius 3 is 1.82 bits per heavy atom. The SMILES string of the molecule is C1=CCCC(C2=CC(c3cccc(-c4cccc(C5C=C(c6nc(C7=CC=CCC7)nc(-c7ccccc7)n6)C=CC5)c4)c3)=C(c3ccccc3)C(C3=CCCC=C3)C2c2ccccc2)=C1. The van der Waals surface area contributed by atoms with E-state index in [4.69, 9.17) is 15.0 Å². The van der Waals surface area contributed by atoms with Gasteiger partial charge in [0.15, 0.2) is 17.5 Å². The molecule has 0 N–H and O–H groups in total. The van der Waals surface area contributed by atoms with E-state index in [1.165, 1.54) is 61.2 Å². The Balaban J connectivity index is 1.00. The van der Waals surface area contributed by atoms with Crippen LogP contribution in [0.2, 0.25) is 0 Å². The molecule has 0 fully saturated rings. The van der Waals surface area contributed by atoms with Crippen LogP contribution in [0.5, 0.6) is 0 Å². The maximum atomic E-state index is 5.11. The summed E-state index contributed by atoms with van der Waals surface area (Å²) in [4.78, 5) is 15.2. The number of rotatable bonds is 10. The van der Waals surface area contributed by atoms with Crippen molar-refractivity contribution < 1.29 is 0 Å². The van der Waals surface area contributed by atoms with Crippen LogP contribution in [0, 0.1) is 5.92 Å². The number of hydrogen-bond donors (Lipinski definition) is 0. The van der Waals surface area contributed by atoms with Gasteiger partial charge in [-0.25, -0.2) is 15.0 Å². The van der Waals surface area contributed by atoms with Crippen molar-refractivity contribution in [3.8, 4) is 22.5 Å². The highest BCUT2D eigenvalue weighted by molar-refractivity contribution is 6.01. The van der Waals surface area contributed by atoms with Gasteiger partial charge in [-0.05, 0) is 124 Å². The highest BCUT2D eigenvalue weighted by atomic mass is 15.0. The molecule has 5 aliphatic rings. The van der Waals surface area contributed by atoms with Gasteiger partial charge in [-0.15, -0.1) is 0 Å². The van der Waals surface area contributed by atoms with Gasteiger partial charge >= 0.3 is 0 Å². The van der Waals surface area contributed by atoms with Crippen LogP contribution in [0.4, 0.5) is 0 Å². The largest absolute Gasteiger partial charge is 0.209 e. The number of aromatic nitrogens is 3. The molecule has 3 unspecified atom stereocenters. The minimum absolute atomic E-state index is 0.140. The monoisotopic (exact) mass is 851 g/mol. The van der Waals surface area contributed by atoms with Crippen LogP contribution in [0.25, 0.3) is 44.8 Å². The normalized spacial score (nSPS) is 20.3. The predicted molar refractivity (Wildman–Crippen MR) is 275 cm³/mol. The lowest BCUT2D eigenvalue weighted by Gasteiger charge is -2.39. The zero-order valence-corrected chi connectivity index (χ0v) is 37.3. The van der Waals surface area contributed by atoms with E-state index in [1.807, 2.05) is 18.2 Å². The average Bonchev–Trinajstić information content (AvgIpc) is 3.41. The summed E-state index contributed by atoms with van der Waals surface area (Å²) < 4.78 is 0. The summed E-state index contributed by atoms with van der Waals surface area (Å²) in [5.41, 5.74) is 17.7. The molecule has 0 bridgehead atoms. The molecular formula is C63H53N3. The molecule has 1 heterocycles. The van der Waals surface area contributed by atoms with Crippen LogP contribution < -0.4 is 0 Å². The fourth-order valence-corrected chi connectivity index (χ4v) is 10.5. The van der Waals surface area contributed by atoms with E-state index in [0.29, 0.717) is 11.6 Å². The molecule has 1 aromatic heterocycles. The first-order chi connectivity index (χ1) is 32.7. The quantitative estimate of drug-likeness (QED) is 0.138. The van der Waals surface area contributed by atoms with E-state index in [1.54, 1.807) is 0 Å². The van der Waals surface area contributed by atoms with Crippen LogP contribution in [0.3, 0.4) is 0 Å². The molecule has 6 aromatic rings. The molecule has 3 nitrogen and oxygen atoms in total. The smallest absolute Gasteiger partial charge is 0.164 e. The summed E-state index contributed by atoms with van der Waals surface area (Å²) in [6.45, 7) is 0. The molecule has 3 heteroatoms. The van der Waals surface area contributed by atoms with Crippen molar-refractivity contribution >= 4 is 22.3 Å². The van der Waals surface area contributed by atoms with E-state index in [-0.39, 0.29) is 17.8 Å². The third-order valence-electron chi connectivity index (χ3n) is 13.7. The van der Waals surface area contributed by atoms with Crippen molar-refractivity contribution in [3.05, 3.63) is 269 Å². The summed E-state index contributed by atoms with van der Waals surface area (Å²) >= 11 is 0. The fraction of sp³-hybridized carbons (Fsp3) is 0.159. The lowest BCUT2D eigenvalue weighted by molar-refractivity contribution is 0.652. The molecule has 0 aliphatic heterocycles. The van der Waals surface area contributed by atoms with Crippen molar-refractivity contribution in [3.63, 3.8) is 0 Å². The van der Waals surface area contributed by atoms with E-state index in [2.05, 4.69) is 200 Å². The highest BCUT2D eigenvalue weighted by Gasteiger charge is 2.38. The molecule has 0 saturated heterocycles. The summed E-state index contributed by atoms with van der Waals surface area (Å²) in [5.74, 6) is 2.67. The summed E-state index contributed by atoms with van der Waals surface area (Å²) in [5, 5.41) is 0. The summed E-state index contributed by atoms with van der Waals surface area (Å²) in [6.07, 6.45) is 37.1. The molecule has 0 amide bonds. The van der Waals surface area contributed by atoms with Crippen molar-refractivity contribution in [1.29, 1.82) is 0 Å². The first kappa shape index (κ1) is 41.2. The minimum atomic E-state index is 0.140. The molecule has 0 saturated carbocycles. The molecule has 0 spiro atoms. The zero-order chi connectivity index (χ0) is 44.1. The summed E-state index contributed by atoms with van der Waals surface area (Å²) in [7, 11) is 0. The second-order valence-electron chi connectivity index (χ2n) is 17.9. The number of nitrogens with zero attached hydrogens (tertiary/aromatic N) is 3. The standard InChI is InChI=1S/C63H53N3/c1-7-22-44(23-8-1)56-43-57(59(46-26-11-3-12-27-46)60(47-28-13-4-14-29-47)58(56)45-24-9-2-10-25-45)54-38-20-36-52(41-54)50-34-19-35-51(40-50)53-37-21-39-55(42-53)63-65-61(48-30-15-5-16-31-48)64-62(66-63)49-32-17-6-18-33-49/h1-3,5-7,9-13,15-17,19-22,24-32,34-36,38-43,53,58,60H,4,8,14,18,23,33,37H2. The number of allylic oxidation sites excluding steroid dienone is 20. The maximum absolute atomic E-state index is 5.11. The molecule has 11 rings (SSSR count). The molecule has 66 heavy (non-hydrogen) atoms. The Morgan fingerprint density at radius 2 is 1.09 bits per heavy atom. The van der Waals surface area contributed by atoms with Crippen LogP contribution in [-0.2, 0) is 0 Å². The molecule has 320 valence electrons. The Kier molecular flexibility index (Phi) is 11.8. The van der Waals surface area contributed by atoms with Crippen molar-refractivity contribution in [2.45, 2.75) is 56.8 Å². The topological polar surface area (TPSA) is 38.7 Å². The van der Waals surface area contributed by atoms with E-state index in [9.17, 15) is 0 Å². The van der Waals surface area contributed by atoms with Gasteiger partial charge in [0.1, 0.15) is 0 Å². The third kappa shape index (κ3) is 8.57. The number of hydrogen-bond acceptors (Lipinski definition) is 3. The predicted octanol–water partition coefficient (Wildman–Crippen LogP) is 15.9. The Labute approximate surface area is 389 Å². The van der Waals surface area contributed by atoms with Crippen molar-refractivity contribution in [2.75, 3.05) is 0 Å². The first-order valence-electron chi connectivity index (χ1n) is 23.8. The van der Waals surface area contributed by atoms with Crippen LogP contribution >= 0.6 is 0 Å². The lowest BCUT2D eigenvalue weighted by atomic mass is 9.63.